The van der Waals surface area contributed by atoms with Crippen molar-refractivity contribution in [2.75, 3.05) is 40.8 Å². The van der Waals surface area contributed by atoms with E-state index in [4.69, 9.17) is 15.2 Å². The molecule has 0 radical (unpaired) electrons. The number of carbonyl (C=O) groups excluding carboxylic acids is 8. The fourth-order valence-corrected chi connectivity index (χ4v) is 10.8. The maximum absolute atomic E-state index is 14.2. The van der Waals surface area contributed by atoms with Gasteiger partial charge in [-0.3, -0.25) is 24.0 Å². The number of benzene rings is 2. The van der Waals surface area contributed by atoms with Crippen molar-refractivity contribution in [3.05, 3.63) is 71.8 Å². The van der Waals surface area contributed by atoms with Crippen molar-refractivity contribution in [1.29, 1.82) is 0 Å². The third-order valence-corrected chi connectivity index (χ3v) is 17.7. The molecule has 8 amide bonds. The van der Waals surface area contributed by atoms with Crippen LogP contribution in [0.4, 0.5) is 27.6 Å². The third kappa shape index (κ3) is 22.5. The lowest BCUT2D eigenvalue weighted by Crippen LogP contribution is -2.63. The van der Waals surface area contributed by atoms with E-state index < -0.39 is 104 Å². The first kappa shape index (κ1) is 77.6. The number of rotatable bonds is 21. The van der Waals surface area contributed by atoms with E-state index in [0.29, 0.717) is 13.2 Å². The first-order valence-corrected chi connectivity index (χ1v) is 30.7. The molecule has 2 aromatic rings. The molecule has 1 unspecified atom stereocenters. The lowest BCUT2D eigenvalue weighted by molar-refractivity contribution is -0.145. The number of amides is 8. The minimum atomic E-state index is -5.67. The number of primary amides is 1. The number of ketones is 1. The van der Waals surface area contributed by atoms with E-state index in [-0.39, 0.29) is 77.9 Å². The fraction of sp³-hybridized carbons (Fsp3) is 0.677. The van der Waals surface area contributed by atoms with Crippen LogP contribution >= 0.6 is 0 Å². The van der Waals surface area contributed by atoms with Crippen molar-refractivity contribution in [3.8, 4) is 0 Å². The summed E-state index contributed by atoms with van der Waals surface area (Å²) in [5, 5.41) is 19.0. The van der Waals surface area contributed by atoms with E-state index >= 15 is 0 Å². The molecule has 0 aromatic heterocycles. The van der Waals surface area contributed by atoms with Crippen LogP contribution in [0.5, 0.6) is 0 Å². The molecule has 26 heteroatoms. The van der Waals surface area contributed by atoms with E-state index in [9.17, 15) is 59.9 Å². The van der Waals surface area contributed by atoms with Gasteiger partial charge in [-0.1, -0.05) is 184 Å². The molecule has 2 aliphatic carbocycles. The zero-order valence-corrected chi connectivity index (χ0v) is 54.6. The molecule has 1 saturated heterocycles. The smallest absolute Gasteiger partial charge is 0.445 e. The monoisotopic (exact) mass is 1270 g/mol. The highest BCUT2D eigenvalue weighted by atomic mass is 32.2. The molecule has 3 fully saturated rings. The number of nitrogens with two attached hydrogens (primary N) is 1. The van der Waals surface area contributed by atoms with Gasteiger partial charge in [0.15, 0.2) is 0 Å². The Morgan fingerprint density at radius 2 is 1.17 bits per heavy atom. The van der Waals surface area contributed by atoms with E-state index in [1.165, 1.54) is 11.9 Å². The number of urea groups is 1. The maximum atomic E-state index is 14.2. The van der Waals surface area contributed by atoms with Crippen LogP contribution in [0.1, 0.15) is 141 Å². The summed E-state index contributed by atoms with van der Waals surface area (Å²) in [5.41, 5.74) is -0.895. The molecule has 0 spiro atoms. The number of nitrogens with zero attached hydrogens (tertiary/aromatic N) is 2. The minimum Gasteiger partial charge on any atom is -0.445 e. The van der Waals surface area contributed by atoms with Gasteiger partial charge < -0.3 is 57.3 Å². The largest absolute Gasteiger partial charge is 0.511 e. The van der Waals surface area contributed by atoms with Crippen molar-refractivity contribution < 1.29 is 69.4 Å². The molecule has 9 N–H and O–H groups in total. The number of hydrogen-bond donors (Lipinski definition) is 8. The van der Waals surface area contributed by atoms with E-state index in [1.54, 1.807) is 41.5 Å². The van der Waals surface area contributed by atoms with Crippen LogP contribution in [0.15, 0.2) is 60.7 Å². The summed E-state index contributed by atoms with van der Waals surface area (Å²) in [5.74, 6) is -3.63. The van der Waals surface area contributed by atoms with E-state index in [0.717, 1.165) is 37.4 Å². The maximum Gasteiger partial charge on any atom is 0.511 e. The Morgan fingerprint density at radius 3 is 1.57 bits per heavy atom. The predicted molar refractivity (Wildman–Crippen MR) is 331 cm³/mol. The molecule has 1 aliphatic heterocycles. The highest BCUT2D eigenvalue weighted by molar-refractivity contribution is 7.89. The number of sulfonamides is 1. The molecule has 2 aromatic carbocycles. The molecule has 5 rings (SSSR count). The molecular formula is C62H101F3N10O12S. The van der Waals surface area contributed by atoms with Crippen LogP contribution in [0, 0.1) is 44.8 Å². The Labute approximate surface area is 519 Å². The topological polar surface area (TPSA) is 306 Å². The van der Waals surface area contributed by atoms with E-state index in [2.05, 4.69) is 58.0 Å². The van der Waals surface area contributed by atoms with Gasteiger partial charge in [0.05, 0.1) is 6.04 Å². The standard InChI is InChI=1S/C31H51F3N6O7S.C15H22N2O3.C15H24N2O2.CH4/c1-28(2,3)19(15-39(9)48(46,47)31(32,33)34)37-27(45)38-23(29(4,5)6)26(44)40-14-17-20(30(17,7)8)21(40)25(43)36-18(22(41)24(35)42)13-16-11-10-12-16;1-15(2,3)12(13(18)16-4)17-14(19)20-10-11-8-6-5-7-9-11;1-15(2,3)13(10-16-4)17-14(18)19-11-12-8-6-5-7-9-12;/h16-21,23H,10-15H2,1-9H3,(H2,35,42)(H,36,43)(H2,37,38,45);5-9,12H,10H2,1-4H3,(H,16,18)(H,17,19);5-9,13,16H,10-11H2,1-4H3,(H,17,18);1H4/t17-,18?,19+,20-,21-,23+;12-;13-;/m011./s1. The summed E-state index contributed by atoms with van der Waals surface area (Å²) < 4.78 is 73.9. The number of Topliss-reactive ketones (excluding diaryl/α,β-unsaturated/α-hetero) is 1. The Balaban J connectivity index is 0.000000540. The van der Waals surface area contributed by atoms with Crippen molar-refractivity contribution in [1.82, 2.24) is 46.4 Å². The molecule has 0 bridgehead atoms. The second-order valence-corrected chi connectivity index (χ2v) is 29.6. The predicted octanol–water partition coefficient (Wildman–Crippen LogP) is 7.37. The minimum absolute atomic E-state index is 0. The Morgan fingerprint density at radius 1 is 0.693 bits per heavy atom. The van der Waals surface area contributed by atoms with Gasteiger partial charge in [-0.05, 0) is 69.4 Å². The molecule has 88 heavy (non-hydrogen) atoms. The zero-order chi connectivity index (χ0) is 66.4. The van der Waals surface area contributed by atoms with Gasteiger partial charge in [0, 0.05) is 45.8 Å². The highest BCUT2D eigenvalue weighted by Gasteiger charge is 2.70. The summed E-state index contributed by atoms with van der Waals surface area (Å²) >= 11 is 0. The summed E-state index contributed by atoms with van der Waals surface area (Å²) in [6, 6.07) is 13.0. The Kier molecular flexibility index (Phi) is 28.0. The van der Waals surface area contributed by atoms with Crippen LogP contribution in [-0.4, -0.2) is 148 Å². The normalized spacial score (nSPS) is 19.0. The third-order valence-electron chi connectivity index (χ3n) is 16.1. The molecule has 8 atom stereocenters. The summed E-state index contributed by atoms with van der Waals surface area (Å²) in [7, 11) is -1.50. The van der Waals surface area contributed by atoms with Gasteiger partial charge in [-0.25, -0.2) is 22.8 Å². The van der Waals surface area contributed by atoms with Gasteiger partial charge in [-0.2, -0.15) is 17.5 Å². The average molecular weight is 1270 g/mol. The number of likely N-dealkylation sites (N-methyl/N-ethyl adjacent to an activating group) is 3. The molecule has 2 saturated carbocycles. The number of ether oxygens (including phenoxy) is 2. The molecule has 498 valence electrons. The number of alkyl carbamates (subject to hydrolysis) is 2. The lowest BCUT2D eigenvalue weighted by atomic mass is 9.80. The summed E-state index contributed by atoms with van der Waals surface area (Å²) in [4.78, 5) is 103. The quantitative estimate of drug-likeness (QED) is 0.0567. The second-order valence-electron chi connectivity index (χ2n) is 27.6. The summed E-state index contributed by atoms with van der Waals surface area (Å²) in [6.45, 7) is 26.4. The zero-order valence-electron chi connectivity index (χ0n) is 53.7. The van der Waals surface area contributed by atoms with Crippen molar-refractivity contribution in [2.24, 2.45) is 50.6 Å². The number of hydrogen-bond acceptors (Lipinski definition) is 13. The second kappa shape index (κ2) is 31.8. The molecule has 3 aliphatic rings. The molecule has 1 heterocycles. The van der Waals surface area contributed by atoms with Crippen LogP contribution in [-0.2, 0) is 56.7 Å². The number of alkyl halides is 3. The van der Waals surface area contributed by atoms with Crippen LogP contribution in [0.2, 0.25) is 0 Å². The molecular weight excluding hydrogens is 1170 g/mol. The van der Waals surface area contributed by atoms with Gasteiger partial charge in [0.25, 0.3) is 5.91 Å². The SMILES string of the molecule is C.CN(C[C@@H](NC(=O)N[C@H](C(=O)N1C[C@H]2[C@@H]([C@H]1C(=O)NC(CC1CCC1)C(=O)C(N)=O)C2(C)C)C(C)(C)C)C(C)(C)C)S(=O)(=O)C(F)(F)F.CNC(=O)[C@@H](NC(=O)OCc1ccccc1)C(C)(C)C.CNC[C@@H](NC(=O)OCc1ccccc1)C(C)(C)C. The van der Waals surface area contributed by atoms with Crippen molar-refractivity contribution in [3.63, 3.8) is 0 Å². The average Bonchev–Trinajstić information content (AvgIpc) is 1.53. The lowest BCUT2D eigenvalue weighted by Gasteiger charge is -2.39. The first-order chi connectivity index (χ1) is 39.9. The van der Waals surface area contributed by atoms with Crippen LogP contribution in [0.25, 0.3) is 0 Å². The number of fused-ring (bicyclic) bond motifs is 1. The number of nitrogens with one attached hydrogen (secondary N) is 7. The van der Waals surface area contributed by atoms with E-state index in [1.807, 2.05) is 102 Å². The number of carbonyl (C=O) groups is 8. The van der Waals surface area contributed by atoms with Gasteiger partial charge in [0.2, 0.25) is 23.5 Å². The van der Waals surface area contributed by atoms with Gasteiger partial charge in [0.1, 0.15) is 31.3 Å². The first-order valence-electron chi connectivity index (χ1n) is 29.2. The number of piperidine rings is 1. The molecule has 22 nitrogen and oxygen atoms in total. The van der Waals surface area contributed by atoms with Gasteiger partial charge >= 0.3 is 33.7 Å². The van der Waals surface area contributed by atoms with Gasteiger partial charge in [-0.15, -0.1) is 0 Å². The highest BCUT2D eigenvalue weighted by Crippen LogP contribution is 2.65. The fourth-order valence-electron chi connectivity index (χ4n) is 10.1. The van der Waals surface area contributed by atoms with Crippen LogP contribution in [0.3, 0.4) is 0 Å². The van der Waals surface area contributed by atoms with Crippen molar-refractivity contribution >= 4 is 57.7 Å². The van der Waals surface area contributed by atoms with Crippen molar-refractivity contribution in [2.45, 2.75) is 185 Å². The number of likely N-dealkylation sites (tertiary alicyclic amines) is 1. The Bertz CT molecular complexity index is 2780. The summed E-state index contributed by atoms with van der Waals surface area (Å²) in [6.07, 6.45) is 1.97. The van der Waals surface area contributed by atoms with Crippen LogP contribution < -0.4 is 43.0 Å². The number of halogens is 3. The Hall–Kier alpha value is -6.54.